The Balaban J connectivity index is 1.53. The smallest absolute Gasteiger partial charge is 0.410 e. The van der Waals surface area contributed by atoms with E-state index < -0.39 is 5.60 Å². The molecule has 1 N–H and O–H groups in total. The number of hydrogen-bond acceptors (Lipinski definition) is 5. The number of oxazole rings is 1. The van der Waals surface area contributed by atoms with Crippen LogP contribution in [0.3, 0.4) is 0 Å². The number of hydrogen-bond donors (Lipinski definition) is 1. The Kier molecular flexibility index (Phi) is 4.58. The third-order valence-electron chi connectivity index (χ3n) is 3.83. The Labute approximate surface area is 146 Å². The second kappa shape index (κ2) is 6.51. The Bertz CT molecular complexity index is 738. The molecule has 1 unspecified atom stereocenters. The van der Waals surface area contributed by atoms with Gasteiger partial charge in [0.25, 0.3) is 6.01 Å². The van der Waals surface area contributed by atoms with Gasteiger partial charge in [-0.1, -0.05) is 11.6 Å². The second-order valence-electron chi connectivity index (χ2n) is 7.09. The third kappa shape index (κ3) is 4.12. The SMILES string of the molecule is CC(C)(C)OC(=O)N1CCC(CNc2nc3ccc(Cl)cc3o2)C1. The predicted octanol–water partition coefficient (Wildman–Crippen LogP) is 4.15. The first-order valence-electron chi connectivity index (χ1n) is 8.08. The summed E-state index contributed by atoms with van der Waals surface area (Å²) in [5.74, 6) is 0.344. The molecule has 0 radical (unpaired) electrons. The van der Waals surface area contributed by atoms with Gasteiger partial charge in [0, 0.05) is 30.7 Å². The van der Waals surface area contributed by atoms with Crippen molar-refractivity contribution in [1.29, 1.82) is 0 Å². The van der Waals surface area contributed by atoms with Crippen LogP contribution in [0, 0.1) is 5.92 Å². The van der Waals surface area contributed by atoms with Crippen molar-refractivity contribution in [3.8, 4) is 0 Å². The zero-order valence-electron chi connectivity index (χ0n) is 14.1. The maximum absolute atomic E-state index is 12.1. The van der Waals surface area contributed by atoms with Crippen LogP contribution in [0.25, 0.3) is 11.1 Å². The van der Waals surface area contributed by atoms with Gasteiger partial charge in [0.1, 0.15) is 11.1 Å². The fraction of sp³-hybridized carbons (Fsp3) is 0.529. The van der Waals surface area contributed by atoms with E-state index in [9.17, 15) is 4.79 Å². The summed E-state index contributed by atoms with van der Waals surface area (Å²) in [6.45, 7) is 7.71. The van der Waals surface area contributed by atoms with Crippen LogP contribution in [0.1, 0.15) is 27.2 Å². The number of likely N-dealkylation sites (tertiary alicyclic amines) is 1. The van der Waals surface area contributed by atoms with Crippen molar-refractivity contribution >= 4 is 34.8 Å². The molecule has 1 aliphatic heterocycles. The lowest BCUT2D eigenvalue weighted by atomic mass is 10.1. The molecule has 0 aliphatic carbocycles. The lowest BCUT2D eigenvalue weighted by molar-refractivity contribution is 0.0289. The molecule has 1 saturated heterocycles. The summed E-state index contributed by atoms with van der Waals surface area (Å²) in [5, 5.41) is 3.82. The Hall–Kier alpha value is -1.95. The molecule has 1 atom stereocenters. The van der Waals surface area contributed by atoms with Crippen LogP contribution in [0.15, 0.2) is 22.6 Å². The molecule has 1 amide bonds. The summed E-state index contributed by atoms with van der Waals surface area (Å²) in [6.07, 6.45) is 0.680. The van der Waals surface area contributed by atoms with Gasteiger partial charge in [0.2, 0.25) is 0 Å². The van der Waals surface area contributed by atoms with Crippen molar-refractivity contribution in [2.75, 3.05) is 25.0 Å². The van der Waals surface area contributed by atoms with Crippen LogP contribution in [0.2, 0.25) is 5.02 Å². The quantitative estimate of drug-likeness (QED) is 0.899. The number of halogens is 1. The fourth-order valence-corrected chi connectivity index (χ4v) is 2.86. The standard InChI is InChI=1S/C17H22ClN3O3/c1-17(2,3)24-16(22)21-7-6-11(10-21)9-19-15-20-13-5-4-12(18)8-14(13)23-15/h4-5,8,11H,6-7,9-10H2,1-3H3,(H,19,20). The van der Waals surface area contributed by atoms with Gasteiger partial charge in [0.05, 0.1) is 0 Å². The molecule has 3 rings (SSSR count). The lowest BCUT2D eigenvalue weighted by Crippen LogP contribution is -2.35. The molecule has 1 fully saturated rings. The minimum Gasteiger partial charge on any atom is -0.444 e. The number of benzene rings is 1. The highest BCUT2D eigenvalue weighted by molar-refractivity contribution is 6.31. The van der Waals surface area contributed by atoms with E-state index in [2.05, 4.69) is 10.3 Å². The van der Waals surface area contributed by atoms with E-state index in [1.54, 1.807) is 17.0 Å². The summed E-state index contributed by atoms with van der Waals surface area (Å²) >= 11 is 5.94. The Morgan fingerprint density at radius 1 is 1.50 bits per heavy atom. The number of anilines is 1. The molecule has 1 aromatic heterocycles. The number of carbonyl (C=O) groups excluding carboxylic acids is 1. The van der Waals surface area contributed by atoms with Gasteiger partial charge in [0.15, 0.2) is 5.58 Å². The fourth-order valence-electron chi connectivity index (χ4n) is 2.70. The van der Waals surface area contributed by atoms with E-state index >= 15 is 0 Å². The lowest BCUT2D eigenvalue weighted by Gasteiger charge is -2.24. The first-order chi connectivity index (χ1) is 11.3. The maximum atomic E-state index is 12.1. The van der Waals surface area contributed by atoms with Crippen molar-refractivity contribution in [3.63, 3.8) is 0 Å². The number of rotatable bonds is 3. The molecule has 1 aromatic carbocycles. The van der Waals surface area contributed by atoms with Gasteiger partial charge in [-0.3, -0.25) is 0 Å². The average molecular weight is 352 g/mol. The molecule has 24 heavy (non-hydrogen) atoms. The maximum Gasteiger partial charge on any atom is 0.410 e. The first-order valence-corrected chi connectivity index (χ1v) is 8.46. The number of nitrogens with zero attached hydrogens (tertiary/aromatic N) is 2. The number of fused-ring (bicyclic) bond motifs is 1. The highest BCUT2D eigenvalue weighted by Crippen LogP contribution is 2.24. The summed E-state index contributed by atoms with van der Waals surface area (Å²) < 4.78 is 11.0. The molecule has 0 bridgehead atoms. The van der Waals surface area contributed by atoms with E-state index in [4.69, 9.17) is 20.8 Å². The van der Waals surface area contributed by atoms with Gasteiger partial charge in [-0.05, 0) is 45.2 Å². The summed E-state index contributed by atoms with van der Waals surface area (Å²) in [7, 11) is 0. The summed E-state index contributed by atoms with van der Waals surface area (Å²) in [5.41, 5.74) is 0.961. The first kappa shape index (κ1) is 16.9. The molecule has 6 nitrogen and oxygen atoms in total. The number of carbonyl (C=O) groups is 1. The van der Waals surface area contributed by atoms with Crippen molar-refractivity contribution in [1.82, 2.24) is 9.88 Å². The molecule has 2 heterocycles. The zero-order valence-corrected chi connectivity index (χ0v) is 14.9. The molecule has 130 valence electrons. The third-order valence-corrected chi connectivity index (χ3v) is 4.07. The molecular formula is C17H22ClN3O3. The van der Waals surface area contributed by atoms with E-state index in [-0.39, 0.29) is 6.09 Å². The van der Waals surface area contributed by atoms with Crippen LogP contribution >= 0.6 is 11.6 Å². The molecular weight excluding hydrogens is 330 g/mol. The number of amides is 1. The molecule has 2 aromatic rings. The van der Waals surface area contributed by atoms with Gasteiger partial charge in [-0.25, -0.2) is 4.79 Å². The highest BCUT2D eigenvalue weighted by atomic mass is 35.5. The number of ether oxygens (including phenoxy) is 1. The largest absolute Gasteiger partial charge is 0.444 e. The van der Waals surface area contributed by atoms with Crippen LogP contribution in [0.4, 0.5) is 10.8 Å². The van der Waals surface area contributed by atoms with Gasteiger partial charge in [-0.15, -0.1) is 0 Å². The minimum absolute atomic E-state index is 0.249. The van der Waals surface area contributed by atoms with Crippen molar-refractivity contribution in [3.05, 3.63) is 23.2 Å². The summed E-state index contributed by atoms with van der Waals surface area (Å²) in [6, 6.07) is 5.83. The van der Waals surface area contributed by atoms with Gasteiger partial charge in [-0.2, -0.15) is 4.98 Å². The van der Waals surface area contributed by atoms with E-state index in [1.165, 1.54) is 0 Å². The van der Waals surface area contributed by atoms with E-state index in [0.29, 0.717) is 42.2 Å². The zero-order chi connectivity index (χ0) is 17.3. The Morgan fingerprint density at radius 2 is 2.29 bits per heavy atom. The number of nitrogens with one attached hydrogen (secondary N) is 1. The van der Waals surface area contributed by atoms with Crippen LogP contribution < -0.4 is 5.32 Å². The Morgan fingerprint density at radius 3 is 3.04 bits per heavy atom. The monoisotopic (exact) mass is 351 g/mol. The predicted molar refractivity (Wildman–Crippen MR) is 93.4 cm³/mol. The topological polar surface area (TPSA) is 67.6 Å². The number of aromatic nitrogens is 1. The van der Waals surface area contributed by atoms with E-state index in [1.807, 2.05) is 26.8 Å². The van der Waals surface area contributed by atoms with Gasteiger partial charge >= 0.3 is 6.09 Å². The van der Waals surface area contributed by atoms with Crippen molar-refractivity contribution in [2.24, 2.45) is 5.92 Å². The highest BCUT2D eigenvalue weighted by Gasteiger charge is 2.29. The summed E-state index contributed by atoms with van der Waals surface area (Å²) in [4.78, 5) is 18.2. The van der Waals surface area contributed by atoms with Crippen molar-refractivity contribution < 1.29 is 13.9 Å². The van der Waals surface area contributed by atoms with E-state index in [0.717, 1.165) is 11.9 Å². The van der Waals surface area contributed by atoms with Crippen LogP contribution in [-0.2, 0) is 4.74 Å². The molecule has 1 aliphatic rings. The normalized spacial score (nSPS) is 18.2. The van der Waals surface area contributed by atoms with Gasteiger partial charge < -0.3 is 19.4 Å². The van der Waals surface area contributed by atoms with Crippen molar-refractivity contribution in [2.45, 2.75) is 32.8 Å². The molecule has 0 spiro atoms. The minimum atomic E-state index is -0.465. The van der Waals surface area contributed by atoms with Crippen LogP contribution in [-0.4, -0.2) is 41.2 Å². The molecule has 0 saturated carbocycles. The average Bonchev–Trinajstić information content (AvgIpc) is 3.09. The second-order valence-corrected chi connectivity index (χ2v) is 7.53. The molecule has 7 heteroatoms. The van der Waals surface area contributed by atoms with Crippen LogP contribution in [0.5, 0.6) is 0 Å².